The van der Waals surface area contributed by atoms with Crippen LogP contribution in [0.2, 0.25) is 5.02 Å². The van der Waals surface area contributed by atoms with E-state index in [1.165, 1.54) is 16.6 Å². The third-order valence-electron chi connectivity index (χ3n) is 3.13. The first kappa shape index (κ1) is 16.7. The van der Waals surface area contributed by atoms with Crippen LogP contribution in [0.1, 0.15) is 13.3 Å². The van der Waals surface area contributed by atoms with Crippen LogP contribution in [0.4, 0.5) is 5.82 Å². The fourth-order valence-corrected chi connectivity index (χ4v) is 4.94. The Morgan fingerprint density at radius 3 is 2.67 bits per heavy atom. The lowest BCUT2D eigenvalue weighted by Gasteiger charge is -2.25. The van der Waals surface area contributed by atoms with Gasteiger partial charge in [0.25, 0.3) is 0 Å². The summed E-state index contributed by atoms with van der Waals surface area (Å²) in [6.07, 6.45) is 2.23. The van der Waals surface area contributed by atoms with Gasteiger partial charge in [-0.2, -0.15) is 4.31 Å². The van der Waals surface area contributed by atoms with Gasteiger partial charge in [-0.3, -0.25) is 4.21 Å². The SMILES string of the molecule is CCCNc1ncc(S(=O)(=O)N2CCS(=O)CC2)cc1Cl. The normalized spacial score (nSPS) is 17.8. The second-order valence-corrected chi connectivity index (χ2v) is 8.72. The maximum atomic E-state index is 12.5. The number of halogens is 1. The molecule has 1 N–H and O–H groups in total. The molecule has 1 aromatic rings. The molecule has 0 saturated carbocycles. The lowest BCUT2D eigenvalue weighted by molar-refractivity contribution is 0.438. The number of hydrogen-bond donors (Lipinski definition) is 1. The van der Waals surface area contributed by atoms with Crippen LogP contribution in [0.3, 0.4) is 0 Å². The summed E-state index contributed by atoms with van der Waals surface area (Å²) in [5, 5.41) is 3.32. The van der Waals surface area contributed by atoms with Crippen LogP contribution in [0.5, 0.6) is 0 Å². The van der Waals surface area contributed by atoms with Crippen molar-refractivity contribution in [3.05, 3.63) is 17.3 Å². The van der Waals surface area contributed by atoms with E-state index in [9.17, 15) is 12.6 Å². The molecule has 9 heteroatoms. The maximum Gasteiger partial charge on any atom is 0.244 e. The topological polar surface area (TPSA) is 79.4 Å². The summed E-state index contributed by atoms with van der Waals surface area (Å²) in [6.45, 7) is 3.27. The van der Waals surface area contributed by atoms with E-state index in [1.54, 1.807) is 0 Å². The average molecular weight is 352 g/mol. The third kappa shape index (κ3) is 3.94. The van der Waals surface area contributed by atoms with Crippen LogP contribution in [-0.4, -0.2) is 53.1 Å². The van der Waals surface area contributed by atoms with Gasteiger partial charge in [0, 0.05) is 48.1 Å². The largest absolute Gasteiger partial charge is 0.369 e. The van der Waals surface area contributed by atoms with E-state index in [2.05, 4.69) is 10.3 Å². The molecule has 1 aliphatic rings. The fraction of sp³-hybridized carbons (Fsp3) is 0.583. The lowest BCUT2D eigenvalue weighted by Crippen LogP contribution is -2.41. The molecule has 1 aliphatic heterocycles. The van der Waals surface area contributed by atoms with Crippen molar-refractivity contribution in [1.82, 2.24) is 9.29 Å². The highest BCUT2D eigenvalue weighted by molar-refractivity contribution is 7.89. The number of pyridine rings is 1. The van der Waals surface area contributed by atoms with Gasteiger partial charge in [0.15, 0.2) is 0 Å². The number of anilines is 1. The van der Waals surface area contributed by atoms with E-state index in [4.69, 9.17) is 11.6 Å². The van der Waals surface area contributed by atoms with Crippen LogP contribution in [0.15, 0.2) is 17.2 Å². The fourth-order valence-electron chi connectivity index (χ4n) is 1.95. The molecule has 6 nitrogen and oxygen atoms in total. The molecular weight excluding hydrogens is 334 g/mol. The minimum atomic E-state index is -3.62. The predicted molar refractivity (Wildman–Crippen MR) is 84.7 cm³/mol. The summed E-state index contributed by atoms with van der Waals surface area (Å²) in [4.78, 5) is 4.15. The number of rotatable bonds is 5. The maximum absolute atomic E-state index is 12.5. The molecule has 0 unspecified atom stereocenters. The van der Waals surface area contributed by atoms with Crippen LogP contribution in [0.25, 0.3) is 0 Å². The van der Waals surface area contributed by atoms with Crippen molar-refractivity contribution < 1.29 is 12.6 Å². The van der Waals surface area contributed by atoms with Gasteiger partial charge in [-0.1, -0.05) is 18.5 Å². The van der Waals surface area contributed by atoms with E-state index in [1.807, 2.05) is 6.92 Å². The number of aromatic nitrogens is 1. The van der Waals surface area contributed by atoms with Crippen molar-refractivity contribution in [3.63, 3.8) is 0 Å². The Balaban J connectivity index is 2.20. The highest BCUT2D eigenvalue weighted by Crippen LogP contribution is 2.25. The molecule has 21 heavy (non-hydrogen) atoms. The van der Waals surface area contributed by atoms with Crippen molar-refractivity contribution in [2.45, 2.75) is 18.2 Å². The molecule has 1 saturated heterocycles. The average Bonchev–Trinajstić information content (AvgIpc) is 2.46. The van der Waals surface area contributed by atoms with E-state index >= 15 is 0 Å². The summed E-state index contributed by atoms with van der Waals surface area (Å²) in [7, 11) is -4.54. The van der Waals surface area contributed by atoms with E-state index in [0.29, 0.717) is 17.3 Å². The zero-order valence-electron chi connectivity index (χ0n) is 11.7. The zero-order chi connectivity index (χ0) is 15.5. The van der Waals surface area contributed by atoms with Crippen molar-refractivity contribution in [3.8, 4) is 0 Å². The van der Waals surface area contributed by atoms with Gasteiger partial charge in [0.2, 0.25) is 10.0 Å². The molecule has 1 fully saturated rings. The van der Waals surface area contributed by atoms with Crippen molar-refractivity contribution >= 4 is 38.2 Å². The summed E-state index contributed by atoms with van der Waals surface area (Å²) in [5.41, 5.74) is 0. The molecule has 0 radical (unpaired) electrons. The van der Waals surface area contributed by atoms with Crippen molar-refractivity contribution in [1.29, 1.82) is 0 Å². The number of hydrogen-bond acceptors (Lipinski definition) is 5. The highest BCUT2D eigenvalue weighted by atomic mass is 35.5. The second-order valence-electron chi connectivity index (χ2n) is 4.68. The predicted octanol–water partition coefficient (Wildman–Crippen LogP) is 1.31. The molecule has 2 rings (SSSR count). The van der Waals surface area contributed by atoms with Gasteiger partial charge in [-0.25, -0.2) is 13.4 Å². The van der Waals surface area contributed by atoms with E-state index in [-0.39, 0.29) is 23.0 Å². The standard InChI is InChI=1S/C12H18ClN3O3S2/c1-2-3-14-12-11(13)8-10(9-15-12)21(18,19)16-4-6-20(17)7-5-16/h8-9H,2-7H2,1H3,(H,14,15). The summed E-state index contributed by atoms with van der Waals surface area (Å²) >= 11 is 6.08. The third-order valence-corrected chi connectivity index (χ3v) is 6.56. The number of sulfonamides is 1. The van der Waals surface area contributed by atoms with Crippen LogP contribution in [-0.2, 0) is 20.8 Å². The minimum Gasteiger partial charge on any atom is -0.369 e. The quantitative estimate of drug-likeness (QED) is 0.865. The molecule has 0 spiro atoms. The minimum absolute atomic E-state index is 0.0715. The van der Waals surface area contributed by atoms with Crippen molar-refractivity contribution in [2.75, 3.05) is 36.5 Å². The van der Waals surface area contributed by atoms with Crippen LogP contribution in [0, 0.1) is 0 Å². The van der Waals surface area contributed by atoms with Crippen LogP contribution < -0.4 is 5.32 Å². The lowest BCUT2D eigenvalue weighted by atomic mass is 10.4. The Bertz CT molecular complexity index is 627. The summed E-state index contributed by atoms with van der Waals surface area (Å²) in [5.74, 6) is 1.23. The molecule has 1 aromatic heterocycles. The smallest absolute Gasteiger partial charge is 0.244 e. The van der Waals surface area contributed by atoms with Gasteiger partial charge >= 0.3 is 0 Å². The molecule has 118 valence electrons. The first-order valence-corrected chi connectivity index (χ1v) is 10.0. The summed E-state index contributed by atoms with van der Waals surface area (Å²) in [6, 6.07) is 1.41. The Hall–Kier alpha value is -0.700. The van der Waals surface area contributed by atoms with Crippen LogP contribution >= 0.6 is 11.6 Å². The number of nitrogens with one attached hydrogen (secondary N) is 1. The van der Waals surface area contributed by atoms with Gasteiger partial charge in [0.05, 0.1) is 5.02 Å². The van der Waals surface area contributed by atoms with E-state index in [0.717, 1.165) is 13.0 Å². The molecule has 0 bridgehead atoms. The molecule has 0 amide bonds. The Morgan fingerprint density at radius 2 is 2.10 bits per heavy atom. The molecule has 0 aliphatic carbocycles. The second kappa shape index (κ2) is 7.04. The number of nitrogens with zero attached hydrogens (tertiary/aromatic N) is 2. The highest BCUT2D eigenvalue weighted by Gasteiger charge is 2.28. The first-order valence-electron chi connectivity index (χ1n) is 6.69. The van der Waals surface area contributed by atoms with Gasteiger partial charge in [0.1, 0.15) is 10.7 Å². The van der Waals surface area contributed by atoms with Gasteiger partial charge in [-0.05, 0) is 12.5 Å². The van der Waals surface area contributed by atoms with Crippen molar-refractivity contribution in [2.24, 2.45) is 0 Å². The van der Waals surface area contributed by atoms with Gasteiger partial charge < -0.3 is 5.32 Å². The Labute approximate surface area is 132 Å². The van der Waals surface area contributed by atoms with E-state index < -0.39 is 20.8 Å². The molecule has 0 atom stereocenters. The molecule has 0 aromatic carbocycles. The Kier molecular flexibility index (Phi) is 5.59. The Morgan fingerprint density at radius 1 is 1.43 bits per heavy atom. The summed E-state index contributed by atoms with van der Waals surface area (Å²) < 4.78 is 37.6. The first-order chi connectivity index (χ1) is 9.95. The van der Waals surface area contributed by atoms with Gasteiger partial charge in [-0.15, -0.1) is 0 Å². The molecular formula is C12H18ClN3O3S2. The molecule has 2 heterocycles. The zero-order valence-corrected chi connectivity index (χ0v) is 14.1. The monoisotopic (exact) mass is 351 g/mol.